The molecule has 0 aromatic rings. The number of unbranched alkanes of at least 4 members (excludes halogenated alkanes) is 1. The minimum absolute atomic E-state index is 0.235. The van der Waals surface area contributed by atoms with Crippen molar-refractivity contribution in [3.63, 3.8) is 0 Å². The molecule has 1 aliphatic heterocycles. The van der Waals surface area contributed by atoms with Gasteiger partial charge in [0.05, 0.1) is 19.7 Å². The van der Waals surface area contributed by atoms with Crippen molar-refractivity contribution < 1.29 is 33.4 Å². The summed E-state index contributed by atoms with van der Waals surface area (Å²) < 4.78 is 15.7. The van der Waals surface area contributed by atoms with Crippen LogP contribution in [0.15, 0.2) is 0 Å². The molecule has 0 aromatic carbocycles. The first-order valence-electron chi connectivity index (χ1n) is 7.73. The quantitative estimate of drug-likeness (QED) is 0.385. The van der Waals surface area contributed by atoms with Crippen LogP contribution < -0.4 is 0 Å². The molecule has 1 aliphatic rings. The molecule has 23 heavy (non-hydrogen) atoms. The van der Waals surface area contributed by atoms with Gasteiger partial charge < -0.3 is 14.2 Å². The maximum atomic E-state index is 11.3. The summed E-state index contributed by atoms with van der Waals surface area (Å²) in [5.41, 5.74) is 0. The molecule has 1 rings (SSSR count). The Kier molecular flexibility index (Phi) is 7.97. The Morgan fingerprint density at radius 1 is 0.913 bits per heavy atom. The topological polar surface area (TPSA) is 91.4 Å². The number of piperidine rings is 1. The van der Waals surface area contributed by atoms with Gasteiger partial charge in [0.2, 0.25) is 0 Å². The molecule has 0 N–H and O–H groups in total. The summed E-state index contributed by atoms with van der Waals surface area (Å²) in [6, 6.07) is 0. The van der Waals surface area contributed by atoms with Gasteiger partial charge in [0.25, 0.3) is 0 Å². The highest BCUT2D eigenvalue weighted by molar-refractivity contribution is 5.68. The molecule has 8 nitrogen and oxygen atoms in total. The molecule has 8 heteroatoms. The molecule has 1 heterocycles. The van der Waals surface area contributed by atoms with E-state index in [0.717, 1.165) is 12.8 Å². The molecule has 1 saturated heterocycles. The molecule has 0 radical (unpaired) electrons. The third-order valence-corrected chi connectivity index (χ3v) is 3.21. The van der Waals surface area contributed by atoms with Gasteiger partial charge in [-0.1, -0.05) is 13.3 Å². The average molecular weight is 331 g/mol. The summed E-state index contributed by atoms with van der Waals surface area (Å²) in [5.74, 6) is -1.56. The Labute approximate surface area is 135 Å². The van der Waals surface area contributed by atoms with Gasteiger partial charge in [0, 0.05) is 20.8 Å². The maximum absolute atomic E-state index is 11.3. The largest absolute Gasteiger partial charge is 0.457 e. The summed E-state index contributed by atoms with van der Waals surface area (Å²) >= 11 is 0. The SMILES string of the molecule is CCCCON1C[C@H](OC(C)=O)C(OC(C)=O)[C@H](OC(C)=O)C1. The summed E-state index contributed by atoms with van der Waals surface area (Å²) in [7, 11) is 0. The lowest BCUT2D eigenvalue weighted by Crippen LogP contribution is -2.59. The third kappa shape index (κ3) is 6.96. The maximum Gasteiger partial charge on any atom is 0.303 e. The van der Waals surface area contributed by atoms with Crippen molar-refractivity contribution in [2.75, 3.05) is 19.7 Å². The number of nitrogens with zero attached hydrogens (tertiary/aromatic N) is 1. The van der Waals surface area contributed by atoms with Crippen LogP contribution in [0.25, 0.3) is 0 Å². The third-order valence-electron chi connectivity index (χ3n) is 3.21. The average Bonchev–Trinajstić information content (AvgIpc) is 2.41. The van der Waals surface area contributed by atoms with E-state index in [1.165, 1.54) is 20.8 Å². The van der Waals surface area contributed by atoms with Crippen LogP contribution in [-0.2, 0) is 33.4 Å². The highest BCUT2D eigenvalue weighted by Gasteiger charge is 2.43. The molecule has 0 spiro atoms. The van der Waals surface area contributed by atoms with Gasteiger partial charge in [-0.2, -0.15) is 5.06 Å². The Bertz CT molecular complexity index is 400. The first-order valence-corrected chi connectivity index (χ1v) is 7.73. The minimum Gasteiger partial charge on any atom is -0.457 e. The monoisotopic (exact) mass is 331 g/mol. The Morgan fingerprint density at radius 2 is 1.39 bits per heavy atom. The number of hydrogen-bond acceptors (Lipinski definition) is 8. The second-order valence-corrected chi connectivity index (χ2v) is 5.40. The summed E-state index contributed by atoms with van der Waals surface area (Å²) in [6.07, 6.45) is -0.538. The number of hydroxylamine groups is 2. The predicted molar refractivity (Wildman–Crippen MR) is 79.1 cm³/mol. The van der Waals surface area contributed by atoms with E-state index >= 15 is 0 Å². The van der Waals surface area contributed by atoms with Gasteiger partial charge in [-0.15, -0.1) is 0 Å². The highest BCUT2D eigenvalue weighted by atomic mass is 16.7. The molecule has 0 saturated carbocycles. The van der Waals surface area contributed by atoms with Gasteiger partial charge in [0.15, 0.2) is 18.3 Å². The fraction of sp³-hybridized carbons (Fsp3) is 0.800. The van der Waals surface area contributed by atoms with E-state index in [1.54, 1.807) is 5.06 Å². The van der Waals surface area contributed by atoms with Gasteiger partial charge in [-0.25, -0.2) is 0 Å². The highest BCUT2D eigenvalue weighted by Crippen LogP contribution is 2.22. The van der Waals surface area contributed by atoms with Crippen molar-refractivity contribution in [3.8, 4) is 0 Å². The van der Waals surface area contributed by atoms with Crippen LogP contribution >= 0.6 is 0 Å². The zero-order valence-electron chi connectivity index (χ0n) is 14.1. The number of carbonyl (C=O) groups is 3. The lowest BCUT2D eigenvalue weighted by Gasteiger charge is -2.40. The van der Waals surface area contributed by atoms with Crippen molar-refractivity contribution in [1.29, 1.82) is 0 Å². The van der Waals surface area contributed by atoms with E-state index < -0.39 is 36.2 Å². The van der Waals surface area contributed by atoms with Gasteiger partial charge in [-0.3, -0.25) is 19.2 Å². The van der Waals surface area contributed by atoms with Gasteiger partial charge in [0.1, 0.15) is 0 Å². The molecule has 132 valence electrons. The first-order chi connectivity index (χ1) is 10.8. The lowest BCUT2D eigenvalue weighted by atomic mass is 10.0. The normalized spacial score (nSPS) is 24.8. The second-order valence-electron chi connectivity index (χ2n) is 5.40. The first kappa shape index (κ1) is 19.4. The zero-order valence-corrected chi connectivity index (χ0v) is 14.1. The second kappa shape index (κ2) is 9.46. The molecule has 0 aromatic heterocycles. The standard InChI is InChI=1S/C15H25NO7/c1-5-6-7-20-16-8-13(21-10(2)17)15(23-12(4)19)14(9-16)22-11(3)18/h13-15H,5-9H2,1-4H3/t13-,14+,15?. The molecule has 0 amide bonds. The number of ether oxygens (including phenoxy) is 3. The Hall–Kier alpha value is -1.67. The van der Waals surface area contributed by atoms with Crippen molar-refractivity contribution in [2.24, 2.45) is 0 Å². The zero-order chi connectivity index (χ0) is 17.4. The van der Waals surface area contributed by atoms with E-state index in [9.17, 15) is 14.4 Å². The van der Waals surface area contributed by atoms with E-state index in [2.05, 4.69) is 0 Å². The van der Waals surface area contributed by atoms with Crippen molar-refractivity contribution in [1.82, 2.24) is 5.06 Å². The number of rotatable bonds is 7. The molecule has 3 atom stereocenters. The fourth-order valence-electron chi connectivity index (χ4n) is 2.34. The van der Waals surface area contributed by atoms with Crippen LogP contribution in [0, 0.1) is 0 Å². The van der Waals surface area contributed by atoms with Crippen LogP contribution in [0.3, 0.4) is 0 Å². The van der Waals surface area contributed by atoms with Crippen LogP contribution in [0.5, 0.6) is 0 Å². The molecular weight excluding hydrogens is 306 g/mol. The van der Waals surface area contributed by atoms with E-state index in [1.807, 2.05) is 6.92 Å². The van der Waals surface area contributed by atoms with Crippen LogP contribution in [0.4, 0.5) is 0 Å². The number of carbonyl (C=O) groups excluding carboxylic acids is 3. The Balaban J connectivity index is 2.86. The van der Waals surface area contributed by atoms with Gasteiger partial charge in [-0.05, 0) is 6.42 Å². The molecular formula is C15H25NO7. The fourth-order valence-corrected chi connectivity index (χ4v) is 2.34. The summed E-state index contributed by atoms with van der Waals surface area (Å²) in [5, 5.41) is 1.58. The number of hydrogen-bond donors (Lipinski definition) is 0. The van der Waals surface area contributed by atoms with Crippen LogP contribution in [0.2, 0.25) is 0 Å². The Morgan fingerprint density at radius 3 is 1.78 bits per heavy atom. The number of esters is 3. The predicted octanol–water partition coefficient (Wildman–Crippen LogP) is 0.829. The molecule has 0 bridgehead atoms. The van der Waals surface area contributed by atoms with Crippen LogP contribution in [0.1, 0.15) is 40.5 Å². The molecule has 1 fully saturated rings. The van der Waals surface area contributed by atoms with Crippen molar-refractivity contribution in [2.45, 2.75) is 58.8 Å². The van der Waals surface area contributed by atoms with E-state index in [0.29, 0.717) is 6.61 Å². The summed E-state index contributed by atoms with van der Waals surface area (Å²) in [4.78, 5) is 39.5. The van der Waals surface area contributed by atoms with E-state index in [-0.39, 0.29) is 13.1 Å². The summed E-state index contributed by atoms with van der Waals surface area (Å²) in [6.45, 7) is 6.80. The van der Waals surface area contributed by atoms with Crippen molar-refractivity contribution >= 4 is 17.9 Å². The lowest BCUT2D eigenvalue weighted by molar-refractivity contribution is -0.247. The molecule has 1 unspecified atom stereocenters. The van der Waals surface area contributed by atoms with E-state index in [4.69, 9.17) is 19.0 Å². The van der Waals surface area contributed by atoms with Gasteiger partial charge >= 0.3 is 17.9 Å². The minimum atomic E-state index is -0.855. The molecule has 0 aliphatic carbocycles. The van der Waals surface area contributed by atoms with Crippen LogP contribution in [-0.4, -0.2) is 61.0 Å². The van der Waals surface area contributed by atoms with Crippen molar-refractivity contribution in [3.05, 3.63) is 0 Å². The smallest absolute Gasteiger partial charge is 0.303 e.